The van der Waals surface area contributed by atoms with E-state index in [9.17, 15) is 8.42 Å². The van der Waals surface area contributed by atoms with Crippen LogP contribution in [-0.4, -0.2) is 39.3 Å². The summed E-state index contributed by atoms with van der Waals surface area (Å²) in [4.78, 5) is 0. The van der Waals surface area contributed by atoms with Gasteiger partial charge in [-0.1, -0.05) is 0 Å². The average Bonchev–Trinajstić information content (AvgIpc) is 2.47. The average molecular weight is 219 g/mol. The lowest BCUT2D eigenvalue weighted by Crippen LogP contribution is -2.39. The molecule has 0 amide bonds. The van der Waals surface area contributed by atoms with Crippen LogP contribution in [0.2, 0.25) is 0 Å². The molecule has 2 atom stereocenters. The summed E-state index contributed by atoms with van der Waals surface area (Å²) in [7, 11) is -2.73. The van der Waals surface area contributed by atoms with Crippen molar-refractivity contribution >= 4 is 9.84 Å². The molecular formula is C9H17NO3S. The zero-order chi connectivity index (χ0) is 10.0. The molecule has 0 bridgehead atoms. The lowest BCUT2D eigenvalue weighted by molar-refractivity contribution is -0.0113. The minimum Gasteiger partial charge on any atom is -0.363 e. The van der Waals surface area contributed by atoms with Crippen molar-refractivity contribution < 1.29 is 13.2 Å². The number of hydrogen-bond donors (Lipinski definition) is 1. The highest BCUT2D eigenvalue weighted by atomic mass is 32.2. The van der Waals surface area contributed by atoms with Crippen LogP contribution in [-0.2, 0) is 14.6 Å². The van der Waals surface area contributed by atoms with Crippen molar-refractivity contribution in [2.45, 2.75) is 25.5 Å². The molecule has 0 aliphatic carbocycles. The molecule has 2 rings (SSSR count). The van der Waals surface area contributed by atoms with E-state index in [-0.39, 0.29) is 6.23 Å². The molecule has 2 fully saturated rings. The highest BCUT2D eigenvalue weighted by Gasteiger charge is 2.30. The van der Waals surface area contributed by atoms with Gasteiger partial charge < -0.3 is 4.74 Å². The molecule has 2 heterocycles. The lowest BCUT2D eigenvalue weighted by Gasteiger charge is -2.25. The number of rotatable bonds is 2. The van der Waals surface area contributed by atoms with E-state index < -0.39 is 9.84 Å². The molecule has 5 heteroatoms. The Morgan fingerprint density at radius 2 is 2.29 bits per heavy atom. The van der Waals surface area contributed by atoms with Gasteiger partial charge in [-0.3, -0.25) is 5.32 Å². The van der Waals surface area contributed by atoms with Gasteiger partial charge in [-0.05, 0) is 31.7 Å². The maximum absolute atomic E-state index is 11.2. The Labute approximate surface area is 84.9 Å². The second kappa shape index (κ2) is 4.16. The number of hydrogen-bond acceptors (Lipinski definition) is 4. The van der Waals surface area contributed by atoms with Crippen LogP contribution < -0.4 is 5.32 Å². The van der Waals surface area contributed by atoms with Crippen LogP contribution in [0.4, 0.5) is 0 Å². The fraction of sp³-hybridized carbons (Fsp3) is 1.00. The molecular weight excluding hydrogens is 202 g/mol. The molecule has 0 aromatic rings. The van der Waals surface area contributed by atoms with Crippen molar-refractivity contribution in [2.24, 2.45) is 5.92 Å². The predicted octanol–water partition coefficient (Wildman–Crippen LogP) is 0.147. The molecule has 2 unspecified atom stereocenters. The Hall–Kier alpha value is -0.130. The van der Waals surface area contributed by atoms with Gasteiger partial charge in [-0.25, -0.2) is 8.42 Å². The maximum atomic E-state index is 11.2. The molecule has 0 radical (unpaired) electrons. The van der Waals surface area contributed by atoms with Gasteiger partial charge in [0.05, 0.1) is 11.5 Å². The van der Waals surface area contributed by atoms with Crippen molar-refractivity contribution in [3.63, 3.8) is 0 Å². The van der Waals surface area contributed by atoms with Crippen molar-refractivity contribution in [3.8, 4) is 0 Å². The third kappa shape index (κ3) is 2.68. The molecule has 1 N–H and O–H groups in total. The first-order valence-electron chi connectivity index (χ1n) is 5.21. The smallest absolute Gasteiger partial charge is 0.150 e. The summed E-state index contributed by atoms with van der Waals surface area (Å²) in [5.74, 6) is 1.02. The van der Waals surface area contributed by atoms with Gasteiger partial charge in [0.15, 0.2) is 9.84 Å². The Bertz CT molecular complexity index is 282. The van der Waals surface area contributed by atoms with Crippen molar-refractivity contribution in [1.29, 1.82) is 0 Å². The molecule has 0 aromatic heterocycles. The Morgan fingerprint density at radius 3 is 2.86 bits per heavy atom. The highest BCUT2D eigenvalue weighted by molar-refractivity contribution is 7.91. The number of nitrogens with one attached hydrogen (secondary N) is 1. The van der Waals surface area contributed by atoms with Gasteiger partial charge in [0.25, 0.3) is 0 Å². The third-order valence-corrected chi connectivity index (χ3v) is 4.72. The van der Waals surface area contributed by atoms with E-state index >= 15 is 0 Å². The van der Waals surface area contributed by atoms with Crippen molar-refractivity contribution in [1.82, 2.24) is 5.32 Å². The summed E-state index contributed by atoms with van der Waals surface area (Å²) in [5, 5.41) is 3.26. The van der Waals surface area contributed by atoms with Crippen LogP contribution in [0.15, 0.2) is 0 Å². The van der Waals surface area contributed by atoms with Crippen molar-refractivity contribution in [2.75, 3.05) is 24.7 Å². The molecule has 0 spiro atoms. The van der Waals surface area contributed by atoms with Gasteiger partial charge in [0, 0.05) is 6.61 Å². The van der Waals surface area contributed by atoms with Crippen molar-refractivity contribution in [3.05, 3.63) is 0 Å². The highest BCUT2D eigenvalue weighted by Crippen LogP contribution is 2.23. The third-order valence-electron chi connectivity index (χ3n) is 2.89. The largest absolute Gasteiger partial charge is 0.363 e. The van der Waals surface area contributed by atoms with E-state index in [4.69, 9.17) is 4.74 Å². The van der Waals surface area contributed by atoms with E-state index in [1.807, 2.05) is 0 Å². The van der Waals surface area contributed by atoms with E-state index in [1.54, 1.807) is 0 Å². The van der Waals surface area contributed by atoms with E-state index in [0.717, 1.165) is 32.4 Å². The van der Waals surface area contributed by atoms with Gasteiger partial charge in [0.1, 0.15) is 6.23 Å². The summed E-state index contributed by atoms with van der Waals surface area (Å²) < 4.78 is 27.9. The summed E-state index contributed by atoms with van der Waals surface area (Å²) >= 11 is 0. The Balaban J connectivity index is 1.80. The SMILES string of the molecule is O=S1(=O)CCC(CC2NCCCO2)C1. The van der Waals surface area contributed by atoms with Crippen LogP contribution in [0.1, 0.15) is 19.3 Å². The van der Waals surface area contributed by atoms with Crippen LogP contribution in [0, 0.1) is 5.92 Å². The molecule has 0 aromatic carbocycles. The van der Waals surface area contributed by atoms with E-state index in [0.29, 0.717) is 17.4 Å². The minimum absolute atomic E-state index is 0.0852. The summed E-state index contributed by atoms with van der Waals surface area (Å²) in [6.45, 7) is 1.79. The minimum atomic E-state index is -2.73. The van der Waals surface area contributed by atoms with Crippen LogP contribution in [0.25, 0.3) is 0 Å². The predicted molar refractivity (Wildman–Crippen MR) is 53.7 cm³/mol. The maximum Gasteiger partial charge on any atom is 0.150 e. The monoisotopic (exact) mass is 219 g/mol. The first-order valence-corrected chi connectivity index (χ1v) is 7.03. The van der Waals surface area contributed by atoms with Gasteiger partial charge in [0.2, 0.25) is 0 Å². The quantitative estimate of drug-likeness (QED) is 0.718. The summed E-state index contributed by atoms with van der Waals surface area (Å²) in [6, 6.07) is 0. The fourth-order valence-corrected chi connectivity index (χ4v) is 4.01. The Kier molecular flexibility index (Phi) is 3.09. The molecule has 2 saturated heterocycles. The first kappa shape index (κ1) is 10.4. The van der Waals surface area contributed by atoms with Crippen LogP contribution >= 0.6 is 0 Å². The van der Waals surface area contributed by atoms with E-state index in [2.05, 4.69) is 5.32 Å². The van der Waals surface area contributed by atoms with E-state index in [1.165, 1.54) is 0 Å². The second-order valence-electron chi connectivity index (χ2n) is 4.17. The zero-order valence-corrected chi connectivity index (χ0v) is 9.05. The second-order valence-corrected chi connectivity index (χ2v) is 6.40. The molecule has 14 heavy (non-hydrogen) atoms. The Morgan fingerprint density at radius 1 is 1.43 bits per heavy atom. The zero-order valence-electron chi connectivity index (χ0n) is 8.24. The summed E-state index contributed by atoms with van der Waals surface area (Å²) in [6.07, 6.45) is 2.80. The molecule has 2 aliphatic heterocycles. The lowest BCUT2D eigenvalue weighted by atomic mass is 10.0. The first-order chi connectivity index (χ1) is 6.66. The molecule has 0 saturated carbocycles. The topological polar surface area (TPSA) is 55.4 Å². The number of sulfone groups is 1. The molecule has 2 aliphatic rings. The van der Waals surface area contributed by atoms with Gasteiger partial charge in [-0.15, -0.1) is 0 Å². The van der Waals surface area contributed by atoms with Crippen LogP contribution in [0.5, 0.6) is 0 Å². The number of ether oxygens (including phenoxy) is 1. The molecule has 4 nitrogen and oxygen atoms in total. The fourth-order valence-electron chi connectivity index (χ4n) is 2.13. The normalized spacial score (nSPS) is 37.1. The van der Waals surface area contributed by atoms with Gasteiger partial charge in [-0.2, -0.15) is 0 Å². The van der Waals surface area contributed by atoms with Gasteiger partial charge >= 0.3 is 0 Å². The van der Waals surface area contributed by atoms with Crippen LogP contribution in [0.3, 0.4) is 0 Å². The summed E-state index contributed by atoms with van der Waals surface area (Å²) in [5.41, 5.74) is 0. The standard InChI is InChI=1S/C9H17NO3S/c11-14(12)5-2-8(7-14)6-9-10-3-1-4-13-9/h8-10H,1-7H2. The molecule has 82 valence electrons.